The third kappa shape index (κ3) is 5.73. The number of nitro groups is 1. The molecule has 0 saturated heterocycles. The molecule has 0 fully saturated rings. The molecule has 2 rings (SSSR count). The fourth-order valence-corrected chi connectivity index (χ4v) is 2.89. The Morgan fingerprint density at radius 2 is 1.67 bits per heavy atom. The Morgan fingerprint density at radius 1 is 1.00 bits per heavy atom. The van der Waals surface area contributed by atoms with Crippen LogP contribution in [0.5, 0.6) is 0 Å². The highest BCUT2D eigenvalue weighted by atomic mass is 16.6. The molecule has 8 nitrogen and oxygen atoms in total. The molecule has 0 radical (unpaired) electrons. The molecule has 0 saturated carbocycles. The van der Waals surface area contributed by atoms with Crippen LogP contribution >= 0.6 is 0 Å². The molecule has 1 amide bonds. The number of hydrogen-bond acceptors (Lipinski definition) is 6. The molecule has 2 aromatic rings. The van der Waals surface area contributed by atoms with E-state index in [9.17, 15) is 24.5 Å². The largest absolute Gasteiger partial charge is 0.456 e. The normalized spacial score (nSPS) is 10.4. The van der Waals surface area contributed by atoms with Crippen molar-refractivity contribution >= 4 is 29.0 Å². The fourth-order valence-electron chi connectivity index (χ4n) is 2.89. The zero-order valence-electron chi connectivity index (χ0n) is 17.4. The van der Waals surface area contributed by atoms with Crippen molar-refractivity contribution in [3.05, 3.63) is 68.3 Å². The summed E-state index contributed by atoms with van der Waals surface area (Å²) in [6.45, 7) is 6.52. The van der Waals surface area contributed by atoms with Crippen LogP contribution in [0.25, 0.3) is 0 Å². The summed E-state index contributed by atoms with van der Waals surface area (Å²) in [6, 6.07) is 8.42. The monoisotopic (exact) mass is 412 g/mol. The van der Waals surface area contributed by atoms with Gasteiger partial charge in [-0.2, -0.15) is 0 Å². The maximum atomic E-state index is 12.3. The number of carbonyl (C=O) groups is 3. The van der Waals surface area contributed by atoms with Crippen LogP contribution in [-0.4, -0.2) is 29.2 Å². The minimum atomic E-state index is -0.695. The second-order valence-corrected chi connectivity index (χ2v) is 7.11. The molecule has 8 heteroatoms. The predicted molar refractivity (Wildman–Crippen MR) is 112 cm³/mol. The summed E-state index contributed by atoms with van der Waals surface area (Å²) in [4.78, 5) is 47.0. The van der Waals surface area contributed by atoms with E-state index in [1.54, 1.807) is 26.0 Å². The van der Waals surface area contributed by atoms with Crippen LogP contribution in [0.15, 0.2) is 30.3 Å². The third-order valence-electron chi connectivity index (χ3n) is 4.79. The summed E-state index contributed by atoms with van der Waals surface area (Å²) >= 11 is 0. The van der Waals surface area contributed by atoms with E-state index in [1.165, 1.54) is 6.07 Å². The number of nitrogens with zero attached hydrogens (tertiary/aromatic N) is 1. The summed E-state index contributed by atoms with van der Waals surface area (Å²) in [5.74, 6) is -1.57. The van der Waals surface area contributed by atoms with Gasteiger partial charge in [-0.05, 0) is 50.5 Å². The van der Waals surface area contributed by atoms with Crippen molar-refractivity contribution in [2.24, 2.45) is 0 Å². The lowest BCUT2D eigenvalue weighted by Crippen LogP contribution is -2.22. The number of benzene rings is 2. The second kappa shape index (κ2) is 9.78. The Kier molecular flexibility index (Phi) is 7.41. The van der Waals surface area contributed by atoms with Crippen LogP contribution in [0.4, 0.5) is 11.4 Å². The minimum Gasteiger partial charge on any atom is -0.456 e. The lowest BCUT2D eigenvalue weighted by atomic mass is 9.99. The van der Waals surface area contributed by atoms with Crippen LogP contribution in [-0.2, 0) is 14.3 Å². The van der Waals surface area contributed by atoms with Crippen molar-refractivity contribution in [1.82, 2.24) is 0 Å². The first-order chi connectivity index (χ1) is 14.1. The van der Waals surface area contributed by atoms with Gasteiger partial charge in [-0.1, -0.05) is 23.8 Å². The van der Waals surface area contributed by atoms with E-state index < -0.39 is 23.4 Å². The molecule has 0 unspecified atom stereocenters. The molecule has 0 aromatic heterocycles. The van der Waals surface area contributed by atoms with Gasteiger partial charge in [0.25, 0.3) is 11.6 Å². The minimum absolute atomic E-state index is 0.0345. The number of nitro benzene ring substituents is 1. The van der Waals surface area contributed by atoms with E-state index in [4.69, 9.17) is 4.74 Å². The number of anilines is 1. The Balaban J connectivity index is 1.90. The predicted octanol–water partition coefficient (Wildman–Crippen LogP) is 3.97. The molecular weight excluding hydrogens is 388 g/mol. The first-order valence-corrected chi connectivity index (χ1v) is 9.40. The number of amides is 1. The Bertz CT molecular complexity index is 1010. The molecule has 0 bridgehead atoms. The van der Waals surface area contributed by atoms with Crippen LogP contribution < -0.4 is 5.32 Å². The zero-order valence-corrected chi connectivity index (χ0v) is 17.4. The van der Waals surface area contributed by atoms with E-state index in [1.807, 2.05) is 26.0 Å². The lowest BCUT2D eigenvalue weighted by Gasteiger charge is -2.11. The van der Waals surface area contributed by atoms with Gasteiger partial charge in [0.2, 0.25) is 0 Å². The topological polar surface area (TPSA) is 116 Å². The highest BCUT2D eigenvalue weighted by molar-refractivity contribution is 5.99. The molecule has 0 aliphatic carbocycles. The first-order valence-electron chi connectivity index (χ1n) is 9.40. The standard InChI is InChI=1S/C22H24N2O6/c1-13-5-6-15(3)17(11-13)19(25)9-10-21(27)30-12-20(26)23-22-16(4)14(2)7-8-18(22)24(28)29/h5-8,11H,9-10,12H2,1-4H3,(H,23,26). The van der Waals surface area contributed by atoms with Gasteiger partial charge in [-0.3, -0.25) is 24.5 Å². The van der Waals surface area contributed by atoms with Gasteiger partial charge in [-0.25, -0.2) is 0 Å². The maximum Gasteiger partial charge on any atom is 0.306 e. The lowest BCUT2D eigenvalue weighted by molar-refractivity contribution is -0.384. The zero-order chi connectivity index (χ0) is 22.4. The van der Waals surface area contributed by atoms with E-state index in [2.05, 4.69) is 5.32 Å². The molecule has 0 heterocycles. The third-order valence-corrected chi connectivity index (χ3v) is 4.79. The summed E-state index contributed by atoms with van der Waals surface area (Å²) in [6.07, 6.45) is -0.198. The second-order valence-electron chi connectivity index (χ2n) is 7.11. The first kappa shape index (κ1) is 22.7. The average Bonchev–Trinajstić information content (AvgIpc) is 2.69. The number of aryl methyl sites for hydroxylation is 3. The van der Waals surface area contributed by atoms with Gasteiger partial charge in [0.1, 0.15) is 5.69 Å². The Hall–Kier alpha value is -3.55. The van der Waals surface area contributed by atoms with E-state index in [0.717, 1.165) is 16.7 Å². The number of hydrogen-bond donors (Lipinski definition) is 1. The van der Waals surface area contributed by atoms with Crippen molar-refractivity contribution in [3.63, 3.8) is 0 Å². The highest BCUT2D eigenvalue weighted by Gasteiger charge is 2.20. The average molecular weight is 412 g/mol. The molecule has 30 heavy (non-hydrogen) atoms. The van der Waals surface area contributed by atoms with Crippen molar-refractivity contribution in [2.45, 2.75) is 40.5 Å². The molecule has 2 aromatic carbocycles. The van der Waals surface area contributed by atoms with Crippen molar-refractivity contribution in [3.8, 4) is 0 Å². The van der Waals surface area contributed by atoms with E-state index >= 15 is 0 Å². The van der Waals surface area contributed by atoms with Crippen LogP contribution in [0.3, 0.4) is 0 Å². The van der Waals surface area contributed by atoms with Crippen LogP contribution in [0.1, 0.15) is 45.5 Å². The van der Waals surface area contributed by atoms with E-state index in [0.29, 0.717) is 11.1 Å². The summed E-state index contributed by atoms with van der Waals surface area (Å²) < 4.78 is 4.91. The summed E-state index contributed by atoms with van der Waals surface area (Å²) in [7, 11) is 0. The Labute approximate surface area is 174 Å². The number of rotatable bonds is 8. The number of ketones is 1. The summed E-state index contributed by atoms with van der Waals surface area (Å²) in [5, 5.41) is 13.6. The van der Waals surface area contributed by atoms with Crippen LogP contribution in [0, 0.1) is 37.8 Å². The molecule has 158 valence electrons. The van der Waals surface area contributed by atoms with Crippen molar-refractivity contribution in [2.75, 3.05) is 11.9 Å². The number of esters is 1. The van der Waals surface area contributed by atoms with Gasteiger partial charge < -0.3 is 10.1 Å². The van der Waals surface area contributed by atoms with E-state index in [-0.39, 0.29) is 30.0 Å². The SMILES string of the molecule is Cc1ccc(C)c(C(=O)CCC(=O)OCC(=O)Nc2c([N+](=O)[O-])ccc(C)c2C)c1. The number of ether oxygens (including phenoxy) is 1. The molecule has 0 aliphatic rings. The molecule has 0 atom stereocenters. The molecular formula is C22H24N2O6. The van der Waals surface area contributed by atoms with Gasteiger partial charge in [0.05, 0.1) is 11.3 Å². The smallest absolute Gasteiger partial charge is 0.306 e. The van der Waals surface area contributed by atoms with Crippen molar-refractivity contribution in [1.29, 1.82) is 0 Å². The van der Waals surface area contributed by atoms with Crippen molar-refractivity contribution < 1.29 is 24.0 Å². The van der Waals surface area contributed by atoms with Gasteiger partial charge in [0, 0.05) is 18.1 Å². The van der Waals surface area contributed by atoms with Crippen LogP contribution in [0.2, 0.25) is 0 Å². The number of Topliss-reactive ketones (excluding diaryl/α,β-unsaturated/α-hetero) is 1. The maximum absolute atomic E-state index is 12.3. The molecule has 0 aliphatic heterocycles. The molecule has 0 spiro atoms. The fraction of sp³-hybridized carbons (Fsp3) is 0.318. The highest BCUT2D eigenvalue weighted by Crippen LogP contribution is 2.30. The van der Waals surface area contributed by atoms with Gasteiger partial charge in [0.15, 0.2) is 12.4 Å². The molecule has 1 N–H and O–H groups in total. The summed E-state index contributed by atoms with van der Waals surface area (Å²) in [5.41, 5.74) is 3.50. The number of carbonyl (C=O) groups excluding carboxylic acids is 3. The van der Waals surface area contributed by atoms with Gasteiger partial charge >= 0.3 is 5.97 Å². The quantitative estimate of drug-likeness (QED) is 0.303. The van der Waals surface area contributed by atoms with Gasteiger partial charge in [-0.15, -0.1) is 0 Å². The Morgan fingerprint density at radius 3 is 2.33 bits per heavy atom. The number of nitrogens with one attached hydrogen (secondary N) is 1.